The molecule has 1 aliphatic carbocycles. The van der Waals surface area contributed by atoms with Crippen LogP contribution in [0.4, 0.5) is 5.69 Å². The monoisotopic (exact) mass is 289 g/mol. The molecule has 0 aromatic heterocycles. The van der Waals surface area contributed by atoms with Gasteiger partial charge in [-0.3, -0.25) is 4.79 Å². The van der Waals surface area contributed by atoms with E-state index in [1.165, 1.54) is 5.69 Å². The summed E-state index contributed by atoms with van der Waals surface area (Å²) in [4.78, 5) is 14.3. The third kappa shape index (κ3) is 5.05. The molecule has 0 aliphatic heterocycles. The Morgan fingerprint density at radius 1 is 1.33 bits per heavy atom. The maximum Gasteiger partial charge on any atom is 0.223 e. The summed E-state index contributed by atoms with van der Waals surface area (Å²) in [5.41, 5.74) is 7.15. The normalized spacial score (nSPS) is 21.8. The molecule has 1 amide bonds. The summed E-state index contributed by atoms with van der Waals surface area (Å²) in [7, 11) is 2.08. The highest BCUT2D eigenvalue weighted by Crippen LogP contribution is 2.23. The number of amides is 1. The van der Waals surface area contributed by atoms with Gasteiger partial charge < -0.3 is 16.0 Å². The van der Waals surface area contributed by atoms with Gasteiger partial charge in [0.05, 0.1) is 0 Å². The predicted octanol–water partition coefficient (Wildman–Crippen LogP) is 2.15. The van der Waals surface area contributed by atoms with Gasteiger partial charge in [-0.15, -0.1) is 0 Å². The van der Waals surface area contributed by atoms with Crippen molar-refractivity contribution in [3.63, 3.8) is 0 Å². The van der Waals surface area contributed by atoms with Crippen molar-refractivity contribution in [2.75, 3.05) is 25.0 Å². The number of nitrogens with two attached hydrogens (primary N) is 1. The Bertz CT molecular complexity index is 435. The molecule has 1 saturated carbocycles. The second-order valence-electron chi connectivity index (χ2n) is 6.03. The number of para-hydroxylation sites is 1. The lowest BCUT2D eigenvalue weighted by Gasteiger charge is -2.26. The predicted molar refractivity (Wildman–Crippen MR) is 87.3 cm³/mol. The zero-order valence-electron chi connectivity index (χ0n) is 12.9. The summed E-state index contributed by atoms with van der Waals surface area (Å²) in [5, 5.41) is 3.06. The molecule has 3 N–H and O–H groups in total. The number of benzene rings is 1. The highest BCUT2D eigenvalue weighted by molar-refractivity contribution is 5.78. The van der Waals surface area contributed by atoms with E-state index in [2.05, 4.69) is 29.4 Å². The molecule has 0 radical (unpaired) electrons. The molecular weight excluding hydrogens is 262 g/mol. The van der Waals surface area contributed by atoms with Crippen molar-refractivity contribution in [2.24, 2.45) is 11.7 Å². The standard InChI is InChI=1S/C17H27N3O/c1-20(16-9-3-2-4-10-16)12-6-11-19-17(21)14-7-5-8-15(18)13-14/h2-4,9-10,14-15H,5-8,11-13,18H2,1H3,(H,19,21). The molecule has 2 unspecified atom stereocenters. The van der Waals surface area contributed by atoms with Gasteiger partial charge in [0.25, 0.3) is 0 Å². The highest BCUT2D eigenvalue weighted by atomic mass is 16.1. The molecule has 0 spiro atoms. The van der Waals surface area contributed by atoms with Crippen LogP contribution in [0.15, 0.2) is 30.3 Å². The number of hydrogen-bond acceptors (Lipinski definition) is 3. The van der Waals surface area contributed by atoms with Gasteiger partial charge in [-0.05, 0) is 37.8 Å². The largest absolute Gasteiger partial charge is 0.375 e. The smallest absolute Gasteiger partial charge is 0.223 e. The second kappa shape index (κ2) is 8.03. The first-order valence-corrected chi connectivity index (χ1v) is 7.96. The van der Waals surface area contributed by atoms with Crippen LogP contribution in [0.5, 0.6) is 0 Å². The van der Waals surface area contributed by atoms with E-state index in [1.807, 2.05) is 18.2 Å². The number of nitrogens with one attached hydrogen (secondary N) is 1. The molecule has 1 aromatic rings. The number of nitrogens with zero attached hydrogens (tertiary/aromatic N) is 1. The van der Waals surface area contributed by atoms with Gasteiger partial charge in [0, 0.05) is 37.8 Å². The van der Waals surface area contributed by atoms with Crippen LogP contribution in [0.1, 0.15) is 32.1 Å². The maximum absolute atomic E-state index is 12.1. The summed E-state index contributed by atoms with van der Waals surface area (Å²) in [6, 6.07) is 10.5. The van der Waals surface area contributed by atoms with Crippen LogP contribution in [-0.2, 0) is 4.79 Å². The van der Waals surface area contributed by atoms with Crippen LogP contribution in [-0.4, -0.2) is 32.1 Å². The third-order valence-corrected chi connectivity index (χ3v) is 4.25. The summed E-state index contributed by atoms with van der Waals surface area (Å²) < 4.78 is 0. The van der Waals surface area contributed by atoms with E-state index in [1.54, 1.807) is 0 Å². The Balaban J connectivity index is 1.64. The molecule has 1 aromatic carbocycles. The van der Waals surface area contributed by atoms with Crippen molar-refractivity contribution >= 4 is 11.6 Å². The van der Waals surface area contributed by atoms with E-state index < -0.39 is 0 Å². The van der Waals surface area contributed by atoms with Crippen LogP contribution in [0.25, 0.3) is 0 Å². The Kier molecular flexibility index (Phi) is 6.05. The van der Waals surface area contributed by atoms with Crippen molar-refractivity contribution in [3.8, 4) is 0 Å². The summed E-state index contributed by atoms with van der Waals surface area (Å²) >= 11 is 0. The first-order chi connectivity index (χ1) is 10.2. The van der Waals surface area contributed by atoms with E-state index in [4.69, 9.17) is 5.73 Å². The number of carbonyl (C=O) groups is 1. The SMILES string of the molecule is CN(CCCNC(=O)C1CCCC(N)C1)c1ccccc1. The first kappa shape index (κ1) is 15.8. The van der Waals surface area contributed by atoms with Gasteiger partial charge in [-0.1, -0.05) is 24.6 Å². The molecule has 4 nitrogen and oxygen atoms in total. The van der Waals surface area contributed by atoms with Gasteiger partial charge in [-0.2, -0.15) is 0 Å². The van der Waals surface area contributed by atoms with Crippen molar-refractivity contribution in [2.45, 2.75) is 38.1 Å². The molecule has 1 aliphatic rings. The average molecular weight is 289 g/mol. The zero-order valence-corrected chi connectivity index (χ0v) is 12.9. The van der Waals surface area contributed by atoms with Crippen molar-refractivity contribution < 1.29 is 4.79 Å². The number of anilines is 1. The molecule has 2 rings (SSSR count). The van der Waals surface area contributed by atoms with E-state index in [0.717, 1.165) is 45.2 Å². The van der Waals surface area contributed by atoms with E-state index in [0.29, 0.717) is 0 Å². The molecular formula is C17H27N3O. The maximum atomic E-state index is 12.1. The lowest BCUT2D eigenvalue weighted by atomic mass is 9.85. The van der Waals surface area contributed by atoms with Crippen molar-refractivity contribution in [1.29, 1.82) is 0 Å². The van der Waals surface area contributed by atoms with Gasteiger partial charge in [0.1, 0.15) is 0 Å². The van der Waals surface area contributed by atoms with Crippen LogP contribution >= 0.6 is 0 Å². The van der Waals surface area contributed by atoms with Crippen LogP contribution < -0.4 is 16.0 Å². The number of hydrogen-bond donors (Lipinski definition) is 2. The molecule has 0 saturated heterocycles. The molecule has 21 heavy (non-hydrogen) atoms. The molecule has 116 valence electrons. The summed E-state index contributed by atoms with van der Waals surface area (Å²) in [6.45, 7) is 1.68. The lowest BCUT2D eigenvalue weighted by molar-refractivity contribution is -0.126. The lowest BCUT2D eigenvalue weighted by Crippen LogP contribution is -2.38. The quantitative estimate of drug-likeness (QED) is 0.789. The van der Waals surface area contributed by atoms with Crippen molar-refractivity contribution in [3.05, 3.63) is 30.3 Å². The van der Waals surface area contributed by atoms with Crippen LogP contribution in [0, 0.1) is 5.92 Å². The van der Waals surface area contributed by atoms with Gasteiger partial charge in [0.2, 0.25) is 5.91 Å². The summed E-state index contributed by atoms with van der Waals surface area (Å²) in [5.74, 6) is 0.313. The van der Waals surface area contributed by atoms with Gasteiger partial charge >= 0.3 is 0 Å². The van der Waals surface area contributed by atoms with Gasteiger partial charge in [-0.25, -0.2) is 0 Å². The Morgan fingerprint density at radius 3 is 2.81 bits per heavy atom. The summed E-state index contributed by atoms with van der Waals surface area (Å²) in [6.07, 6.45) is 4.93. The number of carbonyl (C=O) groups excluding carboxylic acids is 1. The number of rotatable bonds is 6. The molecule has 2 atom stereocenters. The first-order valence-electron chi connectivity index (χ1n) is 7.96. The Hall–Kier alpha value is -1.55. The zero-order chi connectivity index (χ0) is 15.1. The Morgan fingerprint density at radius 2 is 2.10 bits per heavy atom. The van der Waals surface area contributed by atoms with E-state index in [-0.39, 0.29) is 17.9 Å². The highest BCUT2D eigenvalue weighted by Gasteiger charge is 2.24. The van der Waals surface area contributed by atoms with Crippen LogP contribution in [0.2, 0.25) is 0 Å². The Labute approximate surface area is 127 Å². The minimum absolute atomic E-state index is 0.126. The topological polar surface area (TPSA) is 58.4 Å². The average Bonchev–Trinajstić information content (AvgIpc) is 2.52. The third-order valence-electron chi connectivity index (χ3n) is 4.25. The minimum atomic E-state index is 0.126. The molecule has 0 bridgehead atoms. The fraction of sp³-hybridized carbons (Fsp3) is 0.588. The van der Waals surface area contributed by atoms with Crippen LogP contribution in [0.3, 0.4) is 0 Å². The minimum Gasteiger partial charge on any atom is -0.375 e. The van der Waals surface area contributed by atoms with E-state index >= 15 is 0 Å². The van der Waals surface area contributed by atoms with Gasteiger partial charge in [0.15, 0.2) is 0 Å². The fourth-order valence-electron chi connectivity index (χ4n) is 2.95. The fourth-order valence-corrected chi connectivity index (χ4v) is 2.95. The van der Waals surface area contributed by atoms with E-state index in [9.17, 15) is 4.79 Å². The van der Waals surface area contributed by atoms with Crippen molar-refractivity contribution in [1.82, 2.24) is 5.32 Å². The molecule has 4 heteroatoms. The molecule has 1 fully saturated rings. The molecule has 0 heterocycles. The second-order valence-corrected chi connectivity index (χ2v) is 6.03.